The summed E-state index contributed by atoms with van der Waals surface area (Å²) < 4.78 is 5.21. The maximum Gasteiger partial charge on any atom is 0.272 e. The monoisotopic (exact) mass is 237 g/mol. The Morgan fingerprint density at radius 1 is 1.65 bits per heavy atom. The SMILES string of the molecule is Nc1ccc(C(=O)N2CCOCC2CO)nc1. The molecule has 6 nitrogen and oxygen atoms in total. The molecular formula is C11H15N3O3. The van der Waals surface area contributed by atoms with Crippen LogP contribution < -0.4 is 5.73 Å². The lowest BCUT2D eigenvalue weighted by Gasteiger charge is -2.34. The quantitative estimate of drug-likeness (QED) is 0.723. The van der Waals surface area contributed by atoms with Gasteiger partial charge < -0.3 is 20.5 Å². The van der Waals surface area contributed by atoms with Gasteiger partial charge in [0.2, 0.25) is 0 Å². The Balaban J connectivity index is 2.15. The molecule has 0 aromatic carbocycles. The Morgan fingerprint density at radius 3 is 3.12 bits per heavy atom. The molecule has 0 saturated carbocycles. The predicted octanol–water partition coefficient (Wildman–Crippen LogP) is -0.503. The molecule has 92 valence electrons. The average molecular weight is 237 g/mol. The largest absolute Gasteiger partial charge is 0.397 e. The smallest absolute Gasteiger partial charge is 0.272 e. The van der Waals surface area contributed by atoms with Gasteiger partial charge in [-0.05, 0) is 12.1 Å². The third-order valence-electron chi connectivity index (χ3n) is 2.70. The molecule has 1 unspecified atom stereocenters. The topological polar surface area (TPSA) is 88.7 Å². The normalized spacial score (nSPS) is 20.3. The first-order chi connectivity index (χ1) is 8.22. The molecule has 0 spiro atoms. The van der Waals surface area contributed by atoms with Crippen LogP contribution >= 0.6 is 0 Å². The summed E-state index contributed by atoms with van der Waals surface area (Å²) in [6.07, 6.45) is 1.45. The van der Waals surface area contributed by atoms with Crippen molar-refractivity contribution in [3.8, 4) is 0 Å². The van der Waals surface area contributed by atoms with E-state index in [-0.39, 0.29) is 18.6 Å². The summed E-state index contributed by atoms with van der Waals surface area (Å²) in [5.41, 5.74) is 6.36. The van der Waals surface area contributed by atoms with Gasteiger partial charge in [-0.25, -0.2) is 4.98 Å². The van der Waals surface area contributed by atoms with Crippen molar-refractivity contribution in [2.45, 2.75) is 6.04 Å². The number of nitrogen functional groups attached to an aromatic ring is 1. The Bertz CT molecular complexity index is 393. The molecular weight excluding hydrogens is 222 g/mol. The Morgan fingerprint density at radius 2 is 2.47 bits per heavy atom. The number of hydrogen-bond donors (Lipinski definition) is 2. The maximum atomic E-state index is 12.1. The number of aromatic nitrogens is 1. The molecule has 1 aliphatic heterocycles. The van der Waals surface area contributed by atoms with Crippen LogP contribution in [0.2, 0.25) is 0 Å². The molecule has 1 saturated heterocycles. The number of hydrogen-bond acceptors (Lipinski definition) is 5. The first-order valence-corrected chi connectivity index (χ1v) is 5.43. The number of amides is 1. The number of pyridine rings is 1. The van der Waals surface area contributed by atoms with E-state index in [9.17, 15) is 9.90 Å². The van der Waals surface area contributed by atoms with Crippen molar-refractivity contribution >= 4 is 11.6 Å². The van der Waals surface area contributed by atoms with Gasteiger partial charge in [-0.1, -0.05) is 0 Å². The van der Waals surface area contributed by atoms with Crippen LogP contribution in [-0.4, -0.2) is 53.3 Å². The van der Waals surface area contributed by atoms with Gasteiger partial charge in [-0.2, -0.15) is 0 Å². The van der Waals surface area contributed by atoms with Gasteiger partial charge in [-0.3, -0.25) is 4.79 Å². The van der Waals surface area contributed by atoms with E-state index >= 15 is 0 Å². The van der Waals surface area contributed by atoms with Crippen molar-refractivity contribution in [2.75, 3.05) is 32.1 Å². The number of carbonyl (C=O) groups is 1. The van der Waals surface area contributed by atoms with Gasteiger partial charge in [0.05, 0.1) is 37.7 Å². The van der Waals surface area contributed by atoms with E-state index in [1.165, 1.54) is 6.20 Å². The average Bonchev–Trinajstić information content (AvgIpc) is 2.39. The molecule has 0 bridgehead atoms. The van der Waals surface area contributed by atoms with Crippen LogP contribution in [0.4, 0.5) is 5.69 Å². The van der Waals surface area contributed by atoms with E-state index in [2.05, 4.69) is 4.98 Å². The molecule has 1 amide bonds. The van der Waals surface area contributed by atoms with Gasteiger partial charge in [-0.15, -0.1) is 0 Å². The van der Waals surface area contributed by atoms with Gasteiger partial charge in [0, 0.05) is 6.54 Å². The molecule has 2 heterocycles. The predicted molar refractivity (Wildman–Crippen MR) is 61.4 cm³/mol. The van der Waals surface area contributed by atoms with Crippen molar-refractivity contribution < 1.29 is 14.6 Å². The minimum absolute atomic E-state index is 0.110. The third-order valence-corrected chi connectivity index (χ3v) is 2.70. The zero-order valence-electron chi connectivity index (χ0n) is 9.37. The first kappa shape index (κ1) is 11.8. The fourth-order valence-electron chi connectivity index (χ4n) is 1.75. The minimum atomic E-state index is -0.296. The second kappa shape index (κ2) is 5.11. The van der Waals surface area contributed by atoms with Crippen molar-refractivity contribution in [1.82, 2.24) is 9.88 Å². The lowest BCUT2D eigenvalue weighted by molar-refractivity contribution is -0.0186. The van der Waals surface area contributed by atoms with Crippen molar-refractivity contribution in [2.24, 2.45) is 0 Å². The Hall–Kier alpha value is -1.66. The fraction of sp³-hybridized carbons (Fsp3) is 0.455. The van der Waals surface area contributed by atoms with Gasteiger partial charge in [0.25, 0.3) is 5.91 Å². The molecule has 3 N–H and O–H groups in total. The van der Waals surface area contributed by atoms with Crippen LogP contribution in [-0.2, 0) is 4.74 Å². The highest BCUT2D eigenvalue weighted by Gasteiger charge is 2.28. The molecule has 17 heavy (non-hydrogen) atoms. The van der Waals surface area contributed by atoms with Crippen molar-refractivity contribution in [1.29, 1.82) is 0 Å². The lowest BCUT2D eigenvalue weighted by Crippen LogP contribution is -2.50. The molecule has 6 heteroatoms. The number of anilines is 1. The fourth-order valence-corrected chi connectivity index (χ4v) is 1.75. The van der Waals surface area contributed by atoms with Gasteiger partial charge in [0.15, 0.2) is 0 Å². The summed E-state index contributed by atoms with van der Waals surface area (Å²) in [7, 11) is 0. The molecule has 1 atom stereocenters. The number of aliphatic hydroxyl groups excluding tert-OH is 1. The zero-order chi connectivity index (χ0) is 12.3. The van der Waals surface area contributed by atoms with E-state index in [0.717, 1.165) is 0 Å². The van der Waals surface area contributed by atoms with Crippen LogP contribution in [0.1, 0.15) is 10.5 Å². The summed E-state index contributed by atoms with van der Waals surface area (Å²) >= 11 is 0. The number of ether oxygens (including phenoxy) is 1. The molecule has 1 aliphatic rings. The molecule has 0 aliphatic carbocycles. The summed E-state index contributed by atoms with van der Waals surface area (Å²) in [5.74, 6) is -0.202. The number of nitrogens with zero attached hydrogens (tertiary/aromatic N) is 2. The Labute approximate surface area is 99.0 Å². The number of nitrogens with two attached hydrogens (primary N) is 1. The van der Waals surface area contributed by atoms with Crippen LogP contribution in [0.25, 0.3) is 0 Å². The van der Waals surface area contributed by atoms with Crippen LogP contribution in [0.15, 0.2) is 18.3 Å². The molecule has 1 aromatic rings. The molecule has 1 aromatic heterocycles. The van der Waals surface area contributed by atoms with Gasteiger partial charge >= 0.3 is 0 Å². The van der Waals surface area contributed by atoms with E-state index in [0.29, 0.717) is 31.1 Å². The lowest BCUT2D eigenvalue weighted by atomic mass is 10.2. The number of aliphatic hydroxyl groups is 1. The van der Waals surface area contributed by atoms with Crippen LogP contribution in [0, 0.1) is 0 Å². The van der Waals surface area contributed by atoms with E-state index in [1.807, 2.05) is 0 Å². The van der Waals surface area contributed by atoms with Crippen LogP contribution in [0.3, 0.4) is 0 Å². The second-order valence-corrected chi connectivity index (χ2v) is 3.89. The zero-order valence-corrected chi connectivity index (χ0v) is 9.37. The van der Waals surface area contributed by atoms with E-state index in [1.54, 1.807) is 17.0 Å². The van der Waals surface area contributed by atoms with Crippen LogP contribution in [0.5, 0.6) is 0 Å². The molecule has 1 fully saturated rings. The highest BCUT2D eigenvalue weighted by molar-refractivity contribution is 5.92. The number of morpholine rings is 1. The second-order valence-electron chi connectivity index (χ2n) is 3.89. The van der Waals surface area contributed by atoms with Crippen molar-refractivity contribution in [3.05, 3.63) is 24.0 Å². The van der Waals surface area contributed by atoms with E-state index in [4.69, 9.17) is 10.5 Å². The standard InChI is InChI=1S/C11H15N3O3/c12-8-1-2-10(13-5-8)11(16)14-3-4-17-7-9(14)6-15/h1-2,5,9,15H,3-4,6-7,12H2. The Kier molecular flexibility index (Phi) is 3.55. The summed E-state index contributed by atoms with van der Waals surface area (Å²) in [5, 5.41) is 9.19. The third kappa shape index (κ3) is 2.54. The summed E-state index contributed by atoms with van der Waals surface area (Å²) in [6.45, 7) is 1.20. The molecule has 0 radical (unpaired) electrons. The highest BCUT2D eigenvalue weighted by atomic mass is 16.5. The summed E-state index contributed by atoms with van der Waals surface area (Å²) in [6, 6.07) is 2.92. The van der Waals surface area contributed by atoms with Crippen molar-refractivity contribution in [3.63, 3.8) is 0 Å². The summed E-state index contributed by atoms with van der Waals surface area (Å²) in [4.78, 5) is 17.7. The van der Waals surface area contributed by atoms with Gasteiger partial charge in [0.1, 0.15) is 5.69 Å². The maximum absolute atomic E-state index is 12.1. The molecule has 2 rings (SSSR count). The first-order valence-electron chi connectivity index (χ1n) is 5.43. The number of carbonyl (C=O) groups excluding carboxylic acids is 1. The highest BCUT2D eigenvalue weighted by Crippen LogP contribution is 2.11. The minimum Gasteiger partial charge on any atom is -0.397 e. The van der Waals surface area contributed by atoms with E-state index < -0.39 is 0 Å². The number of rotatable bonds is 2.